The van der Waals surface area contributed by atoms with Crippen molar-refractivity contribution in [2.75, 3.05) is 0 Å². The van der Waals surface area contributed by atoms with Gasteiger partial charge in [0.05, 0.1) is 0 Å². The fraction of sp³-hybridized carbons (Fsp3) is 0.417. The van der Waals surface area contributed by atoms with Crippen molar-refractivity contribution in [1.82, 2.24) is 5.32 Å². The molecule has 0 aromatic heterocycles. The summed E-state index contributed by atoms with van der Waals surface area (Å²) < 4.78 is 0. The van der Waals surface area contributed by atoms with Crippen LogP contribution in [0, 0.1) is 5.92 Å². The minimum Gasteiger partial charge on any atom is -0.352 e. The Kier molecular flexibility index (Phi) is 4.31. The first-order valence-electron chi connectivity index (χ1n) is 5.19. The van der Waals surface area contributed by atoms with Gasteiger partial charge >= 0.3 is 0 Å². The van der Waals surface area contributed by atoms with Gasteiger partial charge in [-0.1, -0.05) is 38.1 Å². The van der Waals surface area contributed by atoms with Gasteiger partial charge in [0.15, 0.2) is 0 Å². The number of carbonyl (C=O) groups is 1. The predicted octanol–water partition coefficient (Wildman–Crippen LogP) is 1.42. The van der Waals surface area contributed by atoms with E-state index in [1.807, 2.05) is 38.1 Å². The summed E-state index contributed by atoms with van der Waals surface area (Å²) in [6.45, 7) is 4.87. The lowest BCUT2D eigenvalue weighted by Gasteiger charge is -2.08. The molecule has 0 atom stereocenters. The summed E-state index contributed by atoms with van der Waals surface area (Å²) in [5.74, 6) is 0.107. The highest BCUT2D eigenvalue weighted by molar-refractivity contribution is 5.77. The van der Waals surface area contributed by atoms with Crippen LogP contribution in [0.4, 0.5) is 0 Å². The molecule has 0 saturated heterocycles. The number of amides is 1. The molecule has 3 nitrogen and oxygen atoms in total. The lowest BCUT2D eigenvalue weighted by atomic mass is 10.1. The van der Waals surface area contributed by atoms with Crippen molar-refractivity contribution in [3.05, 3.63) is 35.4 Å². The molecule has 1 aromatic rings. The van der Waals surface area contributed by atoms with Crippen LogP contribution in [0.1, 0.15) is 25.0 Å². The molecule has 0 saturated carbocycles. The van der Waals surface area contributed by atoms with Gasteiger partial charge in [-0.15, -0.1) is 0 Å². The van der Waals surface area contributed by atoms with Crippen LogP contribution in [0.2, 0.25) is 0 Å². The SMILES string of the molecule is CC(C)C(=O)NCc1cccc(CN)c1. The van der Waals surface area contributed by atoms with Crippen molar-refractivity contribution in [1.29, 1.82) is 0 Å². The Balaban J connectivity index is 2.54. The molecule has 3 heteroatoms. The summed E-state index contributed by atoms with van der Waals surface area (Å²) in [6.07, 6.45) is 0. The maximum atomic E-state index is 11.3. The zero-order valence-corrected chi connectivity index (χ0v) is 9.29. The Morgan fingerprint density at radius 1 is 1.40 bits per heavy atom. The highest BCUT2D eigenvalue weighted by Crippen LogP contribution is 2.04. The molecular weight excluding hydrogens is 188 g/mol. The maximum absolute atomic E-state index is 11.3. The molecule has 0 heterocycles. The highest BCUT2D eigenvalue weighted by atomic mass is 16.1. The Hall–Kier alpha value is -1.35. The van der Waals surface area contributed by atoms with E-state index in [4.69, 9.17) is 5.73 Å². The van der Waals surface area contributed by atoms with E-state index in [1.54, 1.807) is 0 Å². The number of nitrogens with one attached hydrogen (secondary N) is 1. The Morgan fingerprint density at radius 2 is 2.07 bits per heavy atom. The fourth-order valence-electron chi connectivity index (χ4n) is 1.26. The lowest BCUT2D eigenvalue weighted by molar-refractivity contribution is -0.124. The number of rotatable bonds is 4. The Morgan fingerprint density at radius 3 is 2.67 bits per heavy atom. The number of hydrogen-bond donors (Lipinski definition) is 2. The van der Waals surface area contributed by atoms with Crippen LogP contribution in [0.5, 0.6) is 0 Å². The highest BCUT2D eigenvalue weighted by Gasteiger charge is 2.05. The minimum absolute atomic E-state index is 0.0303. The molecule has 0 aliphatic carbocycles. The van der Waals surface area contributed by atoms with Gasteiger partial charge in [-0.2, -0.15) is 0 Å². The fourth-order valence-corrected chi connectivity index (χ4v) is 1.26. The van der Waals surface area contributed by atoms with Crippen LogP contribution in [-0.4, -0.2) is 5.91 Å². The standard InChI is InChI=1S/C12H18N2O/c1-9(2)12(15)14-8-11-5-3-4-10(6-11)7-13/h3-6,9H,7-8,13H2,1-2H3,(H,14,15). The van der Waals surface area contributed by atoms with Gasteiger partial charge in [0, 0.05) is 19.0 Å². The van der Waals surface area contributed by atoms with Crippen molar-refractivity contribution in [3.63, 3.8) is 0 Å². The average molecular weight is 206 g/mol. The van der Waals surface area contributed by atoms with Crippen LogP contribution in [-0.2, 0) is 17.9 Å². The first kappa shape index (κ1) is 11.7. The van der Waals surface area contributed by atoms with Crippen LogP contribution in [0.25, 0.3) is 0 Å². The molecule has 0 spiro atoms. The molecule has 0 fully saturated rings. The van der Waals surface area contributed by atoms with Crippen molar-refractivity contribution in [2.45, 2.75) is 26.9 Å². The average Bonchev–Trinajstić information content (AvgIpc) is 2.26. The van der Waals surface area contributed by atoms with E-state index in [0.717, 1.165) is 11.1 Å². The Bertz CT molecular complexity index is 334. The first-order chi connectivity index (χ1) is 7.13. The molecule has 0 aliphatic rings. The monoisotopic (exact) mass is 206 g/mol. The summed E-state index contributed by atoms with van der Waals surface area (Å²) in [5, 5.41) is 2.87. The quantitative estimate of drug-likeness (QED) is 0.782. The van der Waals surface area contributed by atoms with Gasteiger partial charge in [0.2, 0.25) is 5.91 Å². The number of carbonyl (C=O) groups excluding carboxylic acids is 1. The van der Waals surface area contributed by atoms with Crippen molar-refractivity contribution >= 4 is 5.91 Å². The maximum Gasteiger partial charge on any atom is 0.222 e. The van der Waals surface area contributed by atoms with E-state index < -0.39 is 0 Å². The zero-order valence-electron chi connectivity index (χ0n) is 9.29. The van der Waals surface area contributed by atoms with E-state index in [0.29, 0.717) is 13.1 Å². The van der Waals surface area contributed by atoms with E-state index in [-0.39, 0.29) is 11.8 Å². The molecule has 0 radical (unpaired) electrons. The van der Waals surface area contributed by atoms with Gasteiger partial charge in [0.25, 0.3) is 0 Å². The van der Waals surface area contributed by atoms with Crippen LogP contribution in [0.15, 0.2) is 24.3 Å². The normalized spacial score (nSPS) is 10.4. The summed E-state index contributed by atoms with van der Waals surface area (Å²) in [7, 11) is 0. The summed E-state index contributed by atoms with van der Waals surface area (Å²) in [5.41, 5.74) is 7.71. The van der Waals surface area contributed by atoms with Gasteiger partial charge < -0.3 is 11.1 Å². The van der Waals surface area contributed by atoms with Crippen molar-refractivity contribution in [3.8, 4) is 0 Å². The molecule has 1 amide bonds. The summed E-state index contributed by atoms with van der Waals surface area (Å²) >= 11 is 0. The molecule has 0 unspecified atom stereocenters. The molecule has 1 aromatic carbocycles. The molecule has 0 bridgehead atoms. The molecular formula is C12H18N2O. The predicted molar refractivity (Wildman–Crippen MR) is 61.0 cm³/mol. The van der Waals surface area contributed by atoms with E-state index in [1.165, 1.54) is 0 Å². The van der Waals surface area contributed by atoms with Gasteiger partial charge in [-0.25, -0.2) is 0 Å². The molecule has 0 aliphatic heterocycles. The minimum atomic E-state index is 0.0303. The number of hydrogen-bond acceptors (Lipinski definition) is 2. The Labute approximate surface area is 90.7 Å². The van der Waals surface area contributed by atoms with Crippen molar-refractivity contribution in [2.24, 2.45) is 11.7 Å². The zero-order chi connectivity index (χ0) is 11.3. The largest absolute Gasteiger partial charge is 0.352 e. The van der Waals surface area contributed by atoms with E-state index >= 15 is 0 Å². The second kappa shape index (κ2) is 5.51. The van der Waals surface area contributed by atoms with E-state index in [2.05, 4.69) is 5.32 Å². The topological polar surface area (TPSA) is 55.1 Å². The van der Waals surface area contributed by atoms with E-state index in [9.17, 15) is 4.79 Å². The summed E-state index contributed by atoms with van der Waals surface area (Å²) in [6, 6.07) is 7.94. The molecule has 82 valence electrons. The third-order valence-electron chi connectivity index (χ3n) is 2.22. The van der Waals surface area contributed by atoms with Crippen LogP contribution >= 0.6 is 0 Å². The number of benzene rings is 1. The molecule has 15 heavy (non-hydrogen) atoms. The van der Waals surface area contributed by atoms with Gasteiger partial charge in [0.1, 0.15) is 0 Å². The molecule has 3 N–H and O–H groups in total. The van der Waals surface area contributed by atoms with Crippen molar-refractivity contribution < 1.29 is 4.79 Å². The van der Waals surface area contributed by atoms with Crippen LogP contribution in [0.3, 0.4) is 0 Å². The third kappa shape index (κ3) is 3.72. The lowest BCUT2D eigenvalue weighted by Crippen LogP contribution is -2.27. The number of nitrogens with two attached hydrogens (primary N) is 1. The van der Waals surface area contributed by atoms with Crippen LogP contribution < -0.4 is 11.1 Å². The van der Waals surface area contributed by atoms with Gasteiger partial charge in [-0.05, 0) is 11.1 Å². The smallest absolute Gasteiger partial charge is 0.222 e. The second-order valence-electron chi connectivity index (χ2n) is 3.90. The summed E-state index contributed by atoms with van der Waals surface area (Å²) in [4.78, 5) is 11.3. The van der Waals surface area contributed by atoms with Gasteiger partial charge in [-0.3, -0.25) is 4.79 Å². The first-order valence-corrected chi connectivity index (χ1v) is 5.19. The molecule has 1 rings (SSSR count). The third-order valence-corrected chi connectivity index (χ3v) is 2.22. The second-order valence-corrected chi connectivity index (χ2v) is 3.90.